The lowest BCUT2D eigenvalue weighted by Crippen LogP contribution is -2.24. The summed E-state index contributed by atoms with van der Waals surface area (Å²) in [5.41, 5.74) is 1.21. The molecule has 0 radical (unpaired) electrons. The van der Waals surface area contributed by atoms with Crippen molar-refractivity contribution in [2.45, 2.75) is 6.04 Å². The van der Waals surface area contributed by atoms with Crippen LogP contribution in [0.4, 0.5) is 0 Å². The van der Waals surface area contributed by atoms with Crippen molar-refractivity contribution in [3.8, 4) is 0 Å². The van der Waals surface area contributed by atoms with Gasteiger partial charge in [0.1, 0.15) is 0 Å². The van der Waals surface area contributed by atoms with Crippen LogP contribution in [0, 0.1) is 0 Å². The maximum Gasteiger partial charge on any atom is 0.0457 e. The summed E-state index contributed by atoms with van der Waals surface area (Å²) in [5, 5.41) is 3.27. The summed E-state index contributed by atoms with van der Waals surface area (Å²) < 4.78 is 0. The standard InChI is InChI=1S/C10H13Cl2N/c11-6-7-13-10(8-12)9-4-2-1-3-5-9/h1-5,10,13H,6-8H2/t10-/m0/s1. The van der Waals surface area contributed by atoms with Crippen LogP contribution in [0.25, 0.3) is 0 Å². The van der Waals surface area contributed by atoms with Crippen molar-refractivity contribution < 1.29 is 0 Å². The highest BCUT2D eigenvalue weighted by atomic mass is 35.5. The molecule has 1 N–H and O–H groups in total. The maximum absolute atomic E-state index is 5.83. The minimum atomic E-state index is 0.210. The molecule has 0 aliphatic rings. The summed E-state index contributed by atoms with van der Waals surface area (Å²) in [5.74, 6) is 1.18. The van der Waals surface area contributed by atoms with E-state index in [0.29, 0.717) is 11.8 Å². The fourth-order valence-corrected chi connectivity index (χ4v) is 1.57. The predicted octanol–water partition coefficient (Wildman–Crippen LogP) is 2.79. The molecule has 0 aromatic heterocycles. The SMILES string of the molecule is ClCCN[C@@H](CCl)c1ccccc1. The average Bonchev–Trinajstić information content (AvgIpc) is 2.21. The predicted molar refractivity (Wildman–Crippen MR) is 58.6 cm³/mol. The first-order valence-corrected chi connectivity index (χ1v) is 5.35. The lowest BCUT2D eigenvalue weighted by atomic mass is 10.1. The number of hydrogen-bond donors (Lipinski definition) is 1. The van der Waals surface area contributed by atoms with Gasteiger partial charge in [0.25, 0.3) is 0 Å². The molecule has 0 aliphatic carbocycles. The molecule has 0 spiro atoms. The van der Waals surface area contributed by atoms with Crippen LogP contribution in [0.1, 0.15) is 11.6 Å². The van der Waals surface area contributed by atoms with E-state index in [9.17, 15) is 0 Å². The molecule has 3 heteroatoms. The summed E-state index contributed by atoms with van der Waals surface area (Å²) in [4.78, 5) is 0. The summed E-state index contributed by atoms with van der Waals surface area (Å²) in [7, 11) is 0. The van der Waals surface area contributed by atoms with E-state index in [1.54, 1.807) is 0 Å². The first-order chi connectivity index (χ1) is 6.38. The molecule has 1 aromatic rings. The van der Waals surface area contributed by atoms with Crippen LogP contribution in [-0.4, -0.2) is 18.3 Å². The Balaban J connectivity index is 2.56. The zero-order valence-electron chi connectivity index (χ0n) is 7.34. The van der Waals surface area contributed by atoms with Gasteiger partial charge in [0.15, 0.2) is 0 Å². The molecule has 0 saturated heterocycles. The molecule has 1 aromatic carbocycles. The van der Waals surface area contributed by atoms with Crippen LogP contribution in [-0.2, 0) is 0 Å². The molecule has 13 heavy (non-hydrogen) atoms. The highest BCUT2D eigenvalue weighted by Crippen LogP contribution is 2.13. The van der Waals surface area contributed by atoms with E-state index in [1.807, 2.05) is 18.2 Å². The zero-order chi connectivity index (χ0) is 9.52. The van der Waals surface area contributed by atoms with Crippen molar-refractivity contribution in [3.05, 3.63) is 35.9 Å². The van der Waals surface area contributed by atoms with E-state index in [1.165, 1.54) is 5.56 Å². The zero-order valence-corrected chi connectivity index (χ0v) is 8.85. The second-order valence-electron chi connectivity index (χ2n) is 2.76. The number of hydrogen-bond acceptors (Lipinski definition) is 1. The van der Waals surface area contributed by atoms with E-state index in [-0.39, 0.29) is 6.04 Å². The van der Waals surface area contributed by atoms with Crippen LogP contribution >= 0.6 is 23.2 Å². The molecule has 0 fully saturated rings. The van der Waals surface area contributed by atoms with Gasteiger partial charge in [-0.2, -0.15) is 0 Å². The Bertz CT molecular complexity index is 226. The lowest BCUT2D eigenvalue weighted by molar-refractivity contribution is 0.605. The molecule has 72 valence electrons. The van der Waals surface area contributed by atoms with Crippen LogP contribution in [0.3, 0.4) is 0 Å². The topological polar surface area (TPSA) is 12.0 Å². The van der Waals surface area contributed by atoms with Gasteiger partial charge in [-0.15, -0.1) is 23.2 Å². The van der Waals surface area contributed by atoms with Gasteiger partial charge in [0, 0.05) is 24.3 Å². The van der Waals surface area contributed by atoms with Crippen LogP contribution in [0.2, 0.25) is 0 Å². The van der Waals surface area contributed by atoms with Crippen molar-refractivity contribution >= 4 is 23.2 Å². The fraction of sp³-hybridized carbons (Fsp3) is 0.400. The van der Waals surface area contributed by atoms with E-state index >= 15 is 0 Å². The highest BCUT2D eigenvalue weighted by Gasteiger charge is 2.07. The first-order valence-electron chi connectivity index (χ1n) is 4.28. The summed E-state index contributed by atoms with van der Waals surface area (Å²) in [6, 6.07) is 10.4. The Morgan fingerprint density at radius 3 is 2.38 bits per heavy atom. The van der Waals surface area contributed by atoms with Gasteiger partial charge >= 0.3 is 0 Å². The van der Waals surface area contributed by atoms with Crippen molar-refractivity contribution in [2.24, 2.45) is 0 Å². The molecule has 0 saturated carbocycles. The number of rotatable bonds is 5. The Labute approximate surface area is 89.0 Å². The van der Waals surface area contributed by atoms with E-state index < -0.39 is 0 Å². The third kappa shape index (κ3) is 3.55. The molecule has 1 rings (SSSR count). The maximum atomic E-state index is 5.83. The number of benzene rings is 1. The fourth-order valence-electron chi connectivity index (χ4n) is 1.18. The monoisotopic (exact) mass is 217 g/mol. The van der Waals surface area contributed by atoms with E-state index in [0.717, 1.165) is 6.54 Å². The van der Waals surface area contributed by atoms with Gasteiger partial charge in [0.2, 0.25) is 0 Å². The van der Waals surface area contributed by atoms with E-state index in [4.69, 9.17) is 23.2 Å². The smallest absolute Gasteiger partial charge is 0.0457 e. The summed E-state index contributed by atoms with van der Waals surface area (Å²) in [6.45, 7) is 0.786. The van der Waals surface area contributed by atoms with Crippen molar-refractivity contribution in [1.82, 2.24) is 5.32 Å². The third-order valence-electron chi connectivity index (χ3n) is 1.84. The molecule has 0 aliphatic heterocycles. The van der Waals surface area contributed by atoms with Crippen molar-refractivity contribution in [3.63, 3.8) is 0 Å². The van der Waals surface area contributed by atoms with Gasteiger partial charge in [-0.25, -0.2) is 0 Å². The molecule has 0 amide bonds. The van der Waals surface area contributed by atoms with Gasteiger partial charge in [-0.3, -0.25) is 0 Å². The van der Waals surface area contributed by atoms with Crippen molar-refractivity contribution in [2.75, 3.05) is 18.3 Å². The minimum Gasteiger partial charge on any atom is -0.308 e. The quantitative estimate of drug-likeness (QED) is 0.749. The van der Waals surface area contributed by atoms with E-state index in [2.05, 4.69) is 17.4 Å². The summed E-state index contributed by atoms with van der Waals surface area (Å²) >= 11 is 11.4. The first kappa shape index (κ1) is 10.8. The molecule has 1 atom stereocenters. The number of halogens is 2. The van der Waals surface area contributed by atoms with Gasteiger partial charge in [0.05, 0.1) is 0 Å². The van der Waals surface area contributed by atoms with Crippen molar-refractivity contribution in [1.29, 1.82) is 0 Å². The lowest BCUT2D eigenvalue weighted by Gasteiger charge is -2.15. The average molecular weight is 218 g/mol. The largest absolute Gasteiger partial charge is 0.308 e. The number of alkyl halides is 2. The summed E-state index contributed by atoms with van der Waals surface area (Å²) in [6.07, 6.45) is 0. The highest BCUT2D eigenvalue weighted by molar-refractivity contribution is 6.18. The molecular weight excluding hydrogens is 205 g/mol. The second-order valence-corrected chi connectivity index (χ2v) is 3.45. The molecule has 0 heterocycles. The Morgan fingerprint density at radius 1 is 1.15 bits per heavy atom. The Morgan fingerprint density at radius 2 is 1.85 bits per heavy atom. The van der Waals surface area contributed by atoms with Crippen LogP contribution in [0.15, 0.2) is 30.3 Å². The second kappa shape index (κ2) is 6.25. The van der Waals surface area contributed by atoms with Gasteiger partial charge in [-0.1, -0.05) is 30.3 Å². The number of nitrogens with one attached hydrogen (secondary N) is 1. The Kier molecular flexibility index (Phi) is 5.21. The minimum absolute atomic E-state index is 0.210. The van der Waals surface area contributed by atoms with Crippen LogP contribution < -0.4 is 5.32 Å². The normalized spacial score (nSPS) is 12.8. The molecule has 0 unspecified atom stereocenters. The Hall–Kier alpha value is -0.240. The molecule has 0 bridgehead atoms. The van der Waals surface area contributed by atoms with Gasteiger partial charge < -0.3 is 5.32 Å². The van der Waals surface area contributed by atoms with Gasteiger partial charge in [-0.05, 0) is 5.56 Å². The van der Waals surface area contributed by atoms with Crippen LogP contribution in [0.5, 0.6) is 0 Å². The molecule has 1 nitrogen and oxygen atoms in total. The third-order valence-corrected chi connectivity index (χ3v) is 2.34. The molecular formula is C10H13Cl2N.